The number of urea groups is 1. The Hall–Kier alpha value is -3.13. The molecule has 8 nitrogen and oxygen atoms in total. The molecule has 3 aliphatic rings. The van der Waals surface area contributed by atoms with Crippen molar-refractivity contribution in [3.63, 3.8) is 0 Å². The molecule has 0 unspecified atom stereocenters. The van der Waals surface area contributed by atoms with E-state index in [0.29, 0.717) is 5.69 Å². The van der Waals surface area contributed by atoms with E-state index in [0.717, 1.165) is 63.5 Å². The minimum absolute atomic E-state index is 0.0271. The summed E-state index contributed by atoms with van der Waals surface area (Å²) in [4.78, 5) is 35.2. The zero-order valence-electron chi connectivity index (χ0n) is 18.7. The predicted molar refractivity (Wildman–Crippen MR) is 124 cm³/mol. The van der Waals surface area contributed by atoms with Crippen LogP contribution in [0.15, 0.2) is 36.5 Å². The fourth-order valence-corrected chi connectivity index (χ4v) is 5.08. The summed E-state index contributed by atoms with van der Waals surface area (Å²) in [6.07, 6.45) is 3.89. The number of benzene rings is 1. The van der Waals surface area contributed by atoms with Crippen molar-refractivity contribution in [1.82, 2.24) is 20.1 Å². The van der Waals surface area contributed by atoms with Crippen molar-refractivity contribution in [2.24, 2.45) is 0 Å². The molecule has 0 bridgehead atoms. The van der Waals surface area contributed by atoms with E-state index in [-0.39, 0.29) is 17.5 Å². The number of nitrogens with zero attached hydrogens (tertiary/aromatic N) is 4. The van der Waals surface area contributed by atoms with Crippen LogP contribution in [0.3, 0.4) is 0 Å². The molecule has 168 valence electrons. The Morgan fingerprint density at radius 1 is 1.16 bits per heavy atom. The van der Waals surface area contributed by atoms with Crippen LogP contribution in [-0.4, -0.2) is 66.5 Å². The minimum Gasteiger partial charge on any atom is -0.368 e. The minimum atomic E-state index is -0.169. The first-order valence-electron chi connectivity index (χ1n) is 11.4. The van der Waals surface area contributed by atoms with Gasteiger partial charge in [0.15, 0.2) is 0 Å². The number of carbonyl (C=O) groups is 2. The van der Waals surface area contributed by atoms with Gasteiger partial charge in [-0.2, -0.15) is 0 Å². The number of anilines is 2. The van der Waals surface area contributed by atoms with Crippen LogP contribution < -0.4 is 15.5 Å². The molecule has 1 aliphatic carbocycles. The lowest BCUT2D eigenvalue weighted by Crippen LogP contribution is -2.47. The molecule has 1 saturated heterocycles. The third-order valence-corrected chi connectivity index (χ3v) is 6.98. The van der Waals surface area contributed by atoms with Gasteiger partial charge in [0.05, 0.1) is 17.4 Å². The van der Waals surface area contributed by atoms with E-state index in [1.807, 2.05) is 17.9 Å². The first kappa shape index (κ1) is 20.8. The smallest absolute Gasteiger partial charge is 0.322 e. The number of hydrogen-bond acceptors (Lipinski definition) is 5. The van der Waals surface area contributed by atoms with E-state index in [2.05, 4.69) is 43.6 Å². The molecule has 1 aromatic heterocycles. The number of amides is 3. The molecule has 5 rings (SSSR count). The molecule has 0 radical (unpaired) electrons. The first-order chi connectivity index (χ1) is 15.5. The van der Waals surface area contributed by atoms with Crippen molar-refractivity contribution in [3.05, 3.63) is 53.3 Å². The van der Waals surface area contributed by atoms with Crippen molar-refractivity contribution in [3.8, 4) is 0 Å². The second kappa shape index (κ2) is 8.09. The van der Waals surface area contributed by atoms with E-state index >= 15 is 0 Å². The third kappa shape index (κ3) is 3.58. The second-order valence-electron chi connectivity index (χ2n) is 8.83. The number of hydrogen-bond donors (Lipinski definition) is 2. The van der Waals surface area contributed by atoms with Crippen molar-refractivity contribution >= 4 is 23.3 Å². The molecule has 32 heavy (non-hydrogen) atoms. The standard InChI is InChI=1S/C24H30N6O2/c1-3-30-23(32)27-21-14-17(4-6-19(21)24(30)8-9-24)16-28-10-12-29(13-11-28)18-5-7-20(26-15-18)22(31)25-2/h4-7,14-15H,3,8-13,16H2,1-2H3,(H,25,31)(H,27,32). The van der Waals surface area contributed by atoms with Gasteiger partial charge in [0.1, 0.15) is 5.69 Å². The lowest BCUT2D eigenvalue weighted by molar-refractivity contribution is 0.0958. The molecule has 0 atom stereocenters. The Bertz CT molecular complexity index is 1030. The average molecular weight is 435 g/mol. The van der Waals surface area contributed by atoms with Gasteiger partial charge in [0.25, 0.3) is 5.91 Å². The van der Waals surface area contributed by atoms with Gasteiger partial charge in [-0.15, -0.1) is 0 Å². The number of fused-ring (bicyclic) bond motifs is 2. The van der Waals surface area contributed by atoms with Crippen LogP contribution in [0.2, 0.25) is 0 Å². The molecule has 1 aromatic carbocycles. The van der Waals surface area contributed by atoms with E-state index < -0.39 is 0 Å². The summed E-state index contributed by atoms with van der Waals surface area (Å²) < 4.78 is 0. The molecule has 2 aromatic rings. The van der Waals surface area contributed by atoms with Crippen LogP contribution in [-0.2, 0) is 12.1 Å². The van der Waals surface area contributed by atoms with Crippen LogP contribution in [0, 0.1) is 0 Å². The molecule has 3 amide bonds. The maximum atomic E-state index is 12.6. The summed E-state index contributed by atoms with van der Waals surface area (Å²) in [6, 6.07) is 10.4. The van der Waals surface area contributed by atoms with Gasteiger partial charge in [-0.1, -0.05) is 12.1 Å². The highest BCUT2D eigenvalue weighted by Crippen LogP contribution is 2.55. The van der Waals surface area contributed by atoms with Crippen LogP contribution in [0.1, 0.15) is 41.4 Å². The molecule has 2 fully saturated rings. The maximum Gasteiger partial charge on any atom is 0.322 e. The molecular weight excluding hydrogens is 404 g/mol. The van der Waals surface area contributed by atoms with Gasteiger partial charge in [0, 0.05) is 57.6 Å². The van der Waals surface area contributed by atoms with Crippen molar-refractivity contribution in [1.29, 1.82) is 0 Å². The van der Waals surface area contributed by atoms with Gasteiger partial charge in [-0.25, -0.2) is 9.78 Å². The summed E-state index contributed by atoms with van der Waals surface area (Å²) in [5.74, 6) is -0.169. The Morgan fingerprint density at radius 3 is 2.56 bits per heavy atom. The Balaban J connectivity index is 1.21. The highest BCUT2D eigenvalue weighted by atomic mass is 16.2. The lowest BCUT2D eigenvalue weighted by Gasteiger charge is -2.38. The Kier molecular flexibility index (Phi) is 5.25. The van der Waals surface area contributed by atoms with E-state index in [1.165, 1.54) is 11.1 Å². The van der Waals surface area contributed by atoms with Crippen molar-refractivity contribution in [2.75, 3.05) is 50.0 Å². The molecule has 1 spiro atoms. The number of pyridine rings is 1. The zero-order valence-corrected chi connectivity index (χ0v) is 18.7. The number of piperazine rings is 1. The van der Waals surface area contributed by atoms with Crippen molar-refractivity contribution in [2.45, 2.75) is 31.8 Å². The summed E-state index contributed by atoms with van der Waals surface area (Å²) >= 11 is 0. The molecule has 2 N–H and O–H groups in total. The van der Waals surface area contributed by atoms with Gasteiger partial charge >= 0.3 is 6.03 Å². The van der Waals surface area contributed by atoms with Crippen LogP contribution in [0.5, 0.6) is 0 Å². The van der Waals surface area contributed by atoms with E-state index in [4.69, 9.17) is 0 Å². The zero-order chi connectivity index (χ0) is 22.3. The second-order valence-corrected chi connectivity index (χ2v) is 8.83. The molecule has 2 aliphatic heterocycles. The molecule has 8 heteroatoms. The Labute approximate surface area is 188 Å². The number of rotatable bonds is 5. The number of nitrogens with one attached hydrogen (secondary N) is 2. The van der Waals surface area contributed by atoms with Gasteiger partial charge < -0.3 is 20.4 Å². The van der Waals surface area contributed by atoms with Gasteiger partial charge in [0.2, 0.25) is 0 Å². The quantitative estimate of drug-likeness (QED) is 0.756. The average Bonchev–Trinajstić information content (AvgIpc) is 3.60. The van der Waals surface area contributed by atoms with Crippen molar-refractivity contribution < 1.29 is 9.59 Å². The highest BCUT2D eigenvalue weighted by Gasteiger charge is 2.54. The van der Waals surface area contributed by atoms with Crippen LogP contribution in [0.25, 0.3) is 0 Å². The van der Waals surface area contributed by atoms with Crippen LogP contribution >= 0.6 is 0 Å². The molecule has 3 heterocycles. The van der Waals surface area contributed by atoms with E-state index in [9.17, 15) is 9.59 Å². The fraction of sp³-hybridized carbons (Fsp3) is 0.458. The fourth-order valence-electron chi connectivity index (χ4n) is 5.08. The molecule has 1 saturated carbocycles. The predicted octanol–water partition coefficient (Wildman–Crippen LogP) is 2.62. The summed E-state index contributed by atoms with van der Waals surface area (Å²) in [6.45, 7) is 7.39. The first-order valence-corrected chi connectivity index (χ1v) is 11.4. The normalized spacial score (nSPS) is 19.5. The topological polar surface area (TPSA) is 80.8 Å². The summed E-state index contributed by atoms with van der Waals surface area (Å²) in [5.41, 5.74) is 4.89. The summed E-state index contributed by atoms with van der Waals surface area (Å²) in [5, 5.41) is 5.70. The lowest BCUT2D eigenvalue weighted by atomic mass is 9.96. The number of aromatic nitrogens is 1. The number of carbonyl (C=O) groups excluding carboxylic acids is 2. The van der Waals surface area contributed by atoms with Crippen LogP contribution in [0.4, 0.5) is 16.2 Å². The van der Waals surface area contributed by atoms with Gasteiger partial charge in [-0.3, -0.25) is 9.69 Å². The SMILES string of the molecule is CCN1C(=O)Nc2cc(CN3CCN(c4ccc(C(=O)NC)nc4)CC3)ccc2C12CC2. The summed E-state index contributed by atoms with van der Waals surface area (Å²) in [7, 11) is 1.61. The van der Waals surface area contributed by atoms with Gasteiger partial charge in [-0.05, 0) is 43.5 Å². The molecular formula is C24H30N6O2. The Morgan fingerprint density at radius 2 is 1.94 bits per heavy atom. The maximum absolute atomic E-state index is 12.6. The highest BCUT2D eigenvalue weighted by molar-refractivity contribution is 5.94. The third-order valence-electron chi connectivity index (χ3n) is 6.98. The monoisotopic (exact) mass is 434 g/mol. The van der Waals surface area contributed by atoms with E-state index in [1.54, 1.807) is 19.3 Å². The largest absolute Gasteiger partial charge is 0.368 e.